The fourth-order valence-corrected chi connectivity index (χ4v) is 2.98. The SMILES string of the molecule is O=[PH]1Oc2ccccc2-c2cc(F)ccc21. The predicted octanol–water partition coefficient (Wildman–Crippen LogP) is 2.99. The Labute approximate surface area is 92.6 Å². The maximum atomic E-state index is 13.2. The highest BCUT2D eigenvalue weighted by atomic mass is 31.1. The van der Waals surface area contributed by atoms with Crippen molar-refractivity contribution in [1.29, 1.82) is 0 Å². The van der Waals surface area contributed by atoms with Crippen molar-refractivity contribution in [3.05, 3.63) is 48.3 Å². The Hall–Kier alpha value is -1.60. The van der Waals surface area contributed by atoms with Gasteiger partial charge in [0.2, 0.25) is 0 Å². The van der Waals surface area contributed by atoms with Crippen LogP contribution in [0.25, 0.3) is 11.1 Å². The maximum Gasteiger partial charge on any atom is 0.266 e. The molecule has 2 aromatic rings. The molecule has 0 spiro atoms. The summed E-state index contributed by atoms with van der Waals surface area (Å²) in [6, 6.07) is 11.5. The van der Waals surface area contributed by atoms with Crippen LogP contribution in [0.5, 0.6) is 5.75 Å². The molecule has 0 bridgehead atoms. The second-order valence-corrected chi connectivity index (χ2v) is 4.89. The van der Waals surface area contributed by atoms with Crippen LogP contribution in [0.15, 0.2) is 42.5 Å². The first-order chi connectivity index (χ1) is 7.75. The third kappa shape index (κ3) is 1.36. The number of halogens is 1. The number of hydrogen-bond acceptors (Lipinski definition) is 2. The molecule has 1 atom stereocenters. The van der Waals surface area contributed by atoms with Crippen molar-refractivity contribution in [2.45, 2.75) is 0 Å². The van der Waals surface area contributed by atoms with Crippen LogP contribution in [0, 0.1) is 5.82 Å². The van der Waals surface area contributed by atoms with E-state index in [0.29, 0.717) is 16.6 Å². The Morgan fingerprint density at radius 1 is 1.06 bits per heavy atom. The smallest absolute Gasteiger partial charge is 0.266 e. The standard InChI is InChI=1S/C12H8FO2P/c13-8-5-6-12-10(7-8)9-3-1-2-4-11(9)15-16(12)14/h1-7,16H. The summed E-state index contributed by atoms with van der Waals surface area (Å²) in [6.07, 6.45) is 0. The van der Waals surface area contributed by atoms with Crippen molar-refractivity contribution in [3.8, 4) is 16.9 Å². The van der Waals surface area contributed by atoms with Gasteiger partial charge in [-0.25, -0.2) is 4.39 Å². The van der Waals surface area contributed by atoms with Crippen molar-refractivity contribution in [2.75, 3.05) is 0 Å². The van der Waals surface area contributed by atoms with Gasteiger partial charge in [0.05, 0.1) is 5.30 Å². The number of hydrogen-bond donors (Lipinski definition) is 0. The van der Waals surface area contributed by atoms with Gasteiger partial charge in [0, 0.05) is 11.1 Å². The minimum Gasteiger partial charge on any atom is -0.441 e. The fourth-order valence-electron chi connectivity index (χ4n) is 1.85. The summed E-state index contributed by atoms with van der Waals surface area (Å²) in [5, 5.41) is 0.588. The lowest BCUT2D eigenvalue weighted by Gasteiger charge is -2.19. The molecule has 80 valence electrons. The van der Waals surface area contributed by atoms with Crippen molar-refractivity contribution in [1.82, 2.24) is 0 Å². The Morgan fingerprint density at radius 2 is 1.88 bits per heavy atom. The van der Waals surface area contributed by atoms with Gasteiger partial charge in [0.1, 0.15) is 11.6 Å². The molecule has 2 nitrogen and oxygen atoms in total. The van der Waals surface area contributed by atoms with E-state index in [1.165, 1.54) is 18.2 Å². The van der Waals surface area contributed by atoms with Gasteiger partial charge in [-0.1, -0.05) is 18.2 Å². The quantitative estimate of drug-likeness (QED) is 0.655. The molecule has 0 amide bonds. The number of para-hydroxylation sites is 1. The molecule has 0 radical (unpaired) electrons. The van der Waals surface area contributed by atoms with Crippen LogP contribution in [0.3, 0.4) is 0 Å². The van der Waals surface area contributed by atoms with Crippen LogP contribution in [0.4, 0.5) is 4.39 Å². The first-order valence-corrected chi connectivity index (χ1v) is 6.18. The molecule has 0 aromatic heterocycles. The minimum atomic E-state index is -2.29. The van der Waals surface area contributed by atoms with Gasteiger partial charge in [-0.15, -0.1) is 0 Å². The molecule has 3 rings (SSSR count). The predicted molar refractivity (Wildman–Crippen MR) is 61.1 cm³/mol. The summed E-state index contributed by atoms with van der Waals surface area (Å²) < 4.78 is 30.3. The zero-order valence-electron chi connectivity index (χ0n) is 8.24. The monoisotopic (exact) mass is 234 g/mol. The highest BCUT2D eigenvalue weighted by molar-refractivity contribution is 7.49. The molecule has 0 saturated carbocycles. The van der Waals surface area contributed by atoms with Crippen molar-refractivity contribution in [2.24, 2.45) is 0 Å². The lowest BCUT2D eigenvalue weighted by Crippen LogP contribution is -2.10. The summed E-state index contributed by atoms with van der Waals surface area (Å²) >= 11 is 0. The molecule has 4 heteroatoms. The van der Waals surface area contributed by atoms with Gasteiger partial charge < -0.3 is 4.52 Å². The molecule has 2 aromatic carbocycles. The normalized spacial score (nSPS) is 17.2. The van der Waals surface area contributed by atoms with E-state index in [-0.39, 0.29) is 5.82 Å². The first kappa shape index (κ1) is 9.61. The van der Waals surface area contributed by atoms with Gasteiger partial charge in [0.15, 0.2) is 0 Å². The number of benzene rings is 2. The van der Waals surface area contributed by atoms with Gasteiger partial charge in [0.25, 0.3) is 8.03 Å². The van der Waals surface area contributed by atoms with Crippen LogP contribution in [0.1, 0.15) is 0 Å². The number of rotatable bonds is 0. The minimum absolute atomic E-state index is 0.328. The topological polar surface area (TPSA) is 26.3 Å². The van der Waals surface area contributed by atoms with Gasteiger partial charge in [-0.05, 0) is 24.3 Å². The molecule has 1 heterocycles. The molecule has 0 aliphatic carbocycles. The van der Waals surface area contributed by atoms with Crippen LogP contribution >= 0.6 is 8.03 Å². The molecule has 0 N–H and O–H groups in total. The Bertz CT molecular complexity index is 595. The Morgan fingerprint density at radius 3 is 2.75 bits per heavy atom. The zero-order valence-corrected chi connectivity index (χ0v) is 9.24. The summed E-state index contributed by atoms with van der Waals surface area (Å²) in [5.74, 6) is 0.231. The van der Waals surface area contributed by atoms with E-state index in [9.17, 15) is 8.96 Å². The highest BCUT2D eigenvalue weighted by Gasteiger charge is 2.22. The highest BCUT2D eigenvalue weighted by Crippen LogP contribution is 2.42. The zero-order chi connectivity index (χ0) is 11.1. The van der Waals surface area contributed by atoms with Crippen LogP contribution in [-0.2, 0) is 4.57 Å². The van der Waals surface area contributed by atoms with Crippen LogP contribution < -0.4 is 9.83 Å². The van der Waals surface area contributed by atoms with Crippen LogP contribution in [0.2, 0.25) is 0 Å². The van der Waals surface area contributed by atoms with E-state index >= 15 is 0 Å². The summed E-state index contributed by atoms with van der Waals surface area (Å²) in [5.41, 5.74) is 1.47. The third-order valence-corrected chi connectivity index (χ3v) is 3.86. The molecule has 0 saturated heterocycles. The van der Waals surface area contributed by atoms with E-state index in [1.807, 2.05) is 12.1 Å². The Balaban J connectivity index is 2.34. The van der Waals surface area contributed by atoms with E-state index in [2.05, 4.69) is 0 Å². The number of fused-ring (bicyclic) bond motifs is 3. The van der Waals surface area contributed by atoms with E-state index in [0.717, 1.165) is 5.56 Å². The van der Waals surface area contributed by atoms with E-state index < -0.39 is 8.03 Å². The van der Waals surface area contributed by atoms with E-state index in [1.54, 1.807) is 12.1 Å². The van der Waals surface area contributed by atoms with Crippen molar-refractivity contribution < 1.29 is 13.5 Å². The van der Waals surface area contributed by atoms with E-state index in [4.69, 9.17) is 4.52 Å². The molecule has 0 fully saturated rings. The molecular weight excluding hydrogens is 226 g/mol. The second-order valence-electron chi connectivity index (χ2n) is 3.58. The lowest BCUT2D eigenvalue weighted by molar-refractivity contribution is 0.513. The van der Waals surface area contributed by atoms with Crippen molar-refractivity contribution >= 4 is 13.3 Å². The molecule has 16 heavy (non-hydrogen) atoms. The lowest BCUT2D eigenvalue weighted by atomic mass is 10.0. The van der Waals surface area contributed by atoms with Crippen molar-refractivity contribution in [3.63, 3.8) is 0 Å². The maximum absolute atomic E-state index is 13.2. The fraction of sp³-hybridized carbons (Fsp3) is 0. The average molecular weight is 234 g/mol. The summed E-state index contributed by atoms with van der Waals surface area (Å²) in [6.45, 7) is 0. The third-order valence-electron chi connectivity index (χ3n) is 2.58. The van der Waals surface area contributed by atoms with Crippen LogP contribution in [-0.4, -0.2) is 0 Å². The second kappa shape index (κ2) is 3.46. The molecule has 1 unspecified atom stereocenters. The summed E-state index contributed by atoms with van der Waals surface area (Å²) in [4.78, 5) is 0. The van der Waals surface area contributed by atoms with Gasteiger partial charge in [-0.2, -0.15) is 0 Å². The molecular formula is C12H8FO2P. The van der Waals surface area contributed by atoms with Gasteiger partial charge in [-0.3, -0.25) is 4.57 Å². The average Bonchev–Trinajstić information content (AvgIpc) is 2.29. The Kier molecular flexibility index (Phi) is 2.08. The largest absolute Gasteiger partial charge is 0.441 e. The molecule has 1 aliphatic heterocycles. The van der Waals surface area contributed by atoms with Gasteiger partial charge >= 0.3 is 0 Å². The summed E-state index contributed by atoms with van der Waals surface area (Å²) in [7, 11) is -2.29. The molecule has 1 aliphatic rings. The first-order valence-electron chi connectivity index (χ1n) is 4.87.